The van der Waals surface area contributed by atoms with Gasteiger partial charge in [0.1, 0.15) is 11.5 Å². The summed E-state index contributed by atoms with van der Waals surface area (Å²) >= 11 is 13.2. The van der Waals surface area contributed by atoms with Gasteiger partial charge in [0.15, 0.2) is 0 Å². The van der Waals surface area contributed by atoms with Crippen molar-refractivity contribution < 1.29 is 31.9 Å². The Morgan fingerprint density at radius 2 is 0.582 bits per heavy atom. The molecule has 0 fully saturated rings. The Labute approximate surface area is 574 Å². The van der Waals surface area contributed by atoms with E-state index in [4.69, 9.17) is 23.2 Å². The minimum absolute atomic E-state index is 0. The van der Waals surface area contributed by atoms with Gasteiger partial charge in [0.2, 0.25) is 0 Å². The Kier molecular flexibility index (Phi) is 21.1. The number of aromatic hydroxyl groups is 2. The molecule has 2 heterocycles. The molecule has 8 aromatic carbocycles. The molecule has 7 heteroatoms. The van der Waals surface area contributed by atoms with Gasteiger partial charge in [0.05, 0.1) is 33.4 Å². The van der Waals surface area contributed by atoms with Crippen LogP contribution in [0, 0.1) is 39.5 Å². The number of benzene rings is 8. The van der Waals surface area contributed by atoms with Gasteiger partial charge in [-0.2, -0.15) is 0 Å². The molecule has 0 atom stereocenters. The largest absolute Gasteiger partial charge is 2.00 e. The summed E-state index contributed by atoms with van der Waals surface area (Å²) in [7, 11) is 0. The third-order valence-corrected chi connectivity index (χ3v) is 18.3. The summed E-state index contributed by atoms with van der Waals surface area (Å²) in [5.41, 5.74) is 19.2. The number of phenolic OH excluding ortho intramolecular Hbond substituents is 2. The minimum atomic E-state index is -0.138. The molecule has 0 saturated heterocycles. The summed E-state index contributed by atoms with van der Waals surface area (Å²) in [5.74, 6) is 0.529. The second kappa shape index (κ2) is 25.9. The third kappa shape index (κ3) is 15.7. The number of rotatable bonds is 8. The van der Waals surface area contributed by atoms with Crippen LogP contribution in [-0.2, 0) is 54.2 Å². The monoisotopic (exact) mass is 1290 g/mol. The second-order valence-electron chi connectivity index (χ2n) is 33.7. The van der Waals surface area contributed by atoms with Crippen molar-refractivity contribution in [2.75, 3.05) is 0 Å². The van der Waals surface area contributed by atoms with Crippen LogP contribution in [-0.4, -0.2) is 19.3 Å². The molecule has 0 aliphatic carbocycles. The predicted molar refractivity (Wildman–Crippen MR) is 397 cm³/mol. The first kappa shape index (κ1) is 74.3. The van der Waals surface area contributed by atoms with Crippen molar-refractivity contribution in [3.8, 4) is 45.1 Å². The van der Waals surface area contributed by atoms with Crippen molar-refractivity contribution >= 4 is 66.8 Å². The first-order valence-corrected chi connectivity index (χ1v) is 32.6. The maximum atomic E-state index is 12.2. The van der Waals surface area contributed by atoms with Gasteiger partial charge in [0, 0.05) is 42.7 Å². The number of halogens is 2. The van der Waals surface area contributed by atoms with Gasteiger partial charge >= 0.3 is 21.7 Å². The first-order valence-electron chi connectivity index (χ1n) is 31.8. The van der Waals surface area contributed by atoms with Crippen molar-refractivity contribution in [3.63, 3.8) is 0 Å². The summed E-state index contributed by atoms with van der Waals surface area (Å²) in [6.45, 7) is 54.3. The SMILES string of the molecule is Cc1cc(Cl)cc(-c2cc(C(C)(C)CC(C)(C)C)cc(-n3c4ccc(C(C)(C)C)cc4c4cc(C(C)(C)C)ccc43)c2O)c1.Cc1cc(Cl)cc(-c2cc(C(C)(C)CC(C)(C)C)cc(-n3c4ccc(C(C)(C)C)cc4c4cc(C(C)(C)C)ccc43)c2O)c1.[CH3-].[CH3-].[Ti+2]. The maximum absolute atomic E-state index is 12.2. The number of phenols is 2. The van der Waals surface area contributed by atoms with E-state index in [2.05, 4.69) is 271 Å². The zero-order chi connectivity index (χ0) is 65.1. The number of nitrogens with zero attached hydrogens (tertiary/aromatic N) is 2. The van der Waals surface area contributed by atoms with Crippen LogP contribution in [0.25, 0.3) is 77.2 Å². The van der Waals surface area contributed by atoms with E-state index in [9.17, 15) is 10.2 Å². The fourth-order valence-electron chi connectivity index (χ4n) is 13.9. The van der Waals surface area contributed by atoms with Gasteiger partial charge in [-0.05, 0) is 223 Å². The molecule has 0 aliphatic rings. The number of fused-ring (bicyclic) bond motifs is 6. The Morgan fingerprint density at radius 1 is 0.330 bits per heavy atom. The number of aryl methyl sites for hydroxylation is 2. The van der Waals surface area contributed by atoms with E-state index < -0.39 is 0 Å². The topological polar surface area (TPSA) is 50.3 Å². The molecule has 10 rings (SSSR count). The van der Waals surface area contributed by atoms with Crippen molar-refractivity contribution in [2.45, 2.75) is 212 Å². The minimum Gasteiger partial charge on any atom is -0.505 e. The van der Waals surface area contributed by atoms with Gasteiger partial charge in [-0.15, -0.1) is 0 Å². The molecule has 0 saturated carbocycles. The predicted octanol–water partition coefficient (Wildman–Crippen LogP) is 25.8. The molecule has 482 valence electrons. The number of hydrogen-bond donors (Lipinski definition) is 2. The van der Waals surface area contributed by atoms with Crippen molar-refractivity contribution in [1.29, 1.82) is 0 Å². The standard InChI is InChI=1S/2C41H50ClNO.2CH3.Ti/c2*1-25-17-26(19-30(42)18-25)31-22-29(41(11,12)24-38(2,3)4)23-36(37(31)44)43-34-15-13-27(39(5,6)7)20-32(34)33-21-28(40(8,9)10)14-16-35(33)43;;;/h2*13-23,44H,24H2,1-12H3;2*1H3;/q;;2*-1;+2. The van der Waals surface area contributed by atoms with Crippen LogP contribution in [0.15, 0.2) is 133 Å². The Hall–Kier alpha value is -5.75. The zero-order valence-electron chi connectivity index (χ0n) is 60.2. The van der Waals surface area contributed by atoms with Gasteiger partial charge in [-0.3, -0.25) is 0 Å². The molecule has 0 aliphatic heterocycles. The van der Waals surface area contributed by atoms with Crippen molar-refractivity contribution in [3.05, 3.63) is 203 Å². The summed E-state index contributed by atoms with van der Waals surface area (Å²) in [6, 6.07) is 48.2. The number of hydrogen-bond acceptors (Lipinski definition) is 2. The van der Waals surface area contributed by atoms with Gasteiger partial charge < -0.3 is 34.2 Å². The van der Waals surface area contributed by atoms with Crippen LogP contribution >= 0.6 is 23.2 Å². The van der Waals surface area contributed by atoms with Crippen LogP contribution in [0.1, 0.15) is 210 Å². The first-order chi connectivity index (χ1) is 40.3. The zero-order valence-corrected chi connectivity index (χ0v) is 63.2. The Bertz CT molecular complexity index is 3870. The van der Waals surface area contributed by atoms with E-state index in [1.807, 2.05) is 38.1 Å². The van der Waals surface area contributed by atoms with Crippen LogP contribution in [0.3, 0.4) is 0 Å². The molecule has 2 aromatic heterocycles. The Balaban J connectivity index is 0.000000280. The molecule has 4 nitrogen and oxygen atoms in total. The third-order valence-electron chi connectivity index (χ3n) is 17.9. The van der Waals surface area contributed by atoms with Crippen LogP contribution in [0.4, 0.5) is 0 Å². The van der Waals surface area contributed by atoms with E-state index in [0.717, 1.165) is 79.7 Å². The van der Waals surface area contributed by atoms with E-state index >= 15 is 0 Å². The van der Waals surface area contributed by atoms with Gasteiger partial charge in [-0.1, -0.05) is 212 Å². The molecular formula is C84H106Cl2N2O2Ti. The van der Waals surface area contributed by atoms with Crippen LogP contribution in [0.2, 0.25) is 10.0 Å². The molecule has 0 amide bonds. The fourth-order valence-corrected chi connectivity index (χ4v) is 14.5. The quantitative estimate of drug-likeness (QED) is 0.118. The van der Waals surface area contributed by atoms with Crippen LogP contribution in [0.5, 0.6) is 11.5 Å². The Morgan fingerprint density at radius 3 is 0.802 bits per heavy atom. The van der Waals surface area contributed by atoms with Crippen molar-refractivity contribution in [1.82, 2.24) is 9.13 Å². The molecular weight excluding hydrogens is 1190 g/mol. The smallest absolute Gasteiger partial charge is 0.505 e. The van der Waals surface area contributed by atoms with Gasteiger partial charge in [-0.25, -0.2) is 0 Å². The van der Waals surface area contributed by atoms with E-state index in [-0.39, 0.29) is 91.4 Å². The van der Waals surface area contributed by atoms with E-state index in [1.54, 1.807) is 0 Å². The van der Waals surface area contributed by atoms with E-state index in [0.29, 0.717) is 10.0 Å². The second-order valence-corrected chi connectivity index (χ2v) is 34.5. The maximum Gasteiger partial charge on any atom is 2.00 e. The molecule has 91 heavy (non-hydrogen) atoms. The average Bonchev–Trinajstić information content (AvgIpc) is 1.63. The molecule has 2 N–H and O–H groups in total. The van der Waals surface area contributed by atoms with Crippen LogP contribution < -0.4 is 0 Å². The molecule has 0 radical (unpaired) electrons. The van der Waals surface area contributed by atoms with Crippen molar-refractivity contribution in [2.24, 2.45) is 10.8 Å². The fraction of sp³-hybridized carbons (Fsp3) is 0.405. The van der Waals surface area contributed by atoms with E-state index in [1.165, 1.54) is 54.9 Å². The molecule has 0 spiro atoms. The molecule has 0 unspecified atom stereocenters. The molecule has 10 aromatic rings. The van der Waals surface area contributed by atoms with Gasteiger partial charge in [0.25, 0.3) is 0 Å². The summed E-state index contributed by atoms with van der Waals surface area (Å²) in [6.07, 6.45) is 1.99. The summed E-state index contributed by atoms with van der Waals surface area (Å²) < 4.78 is 4.55. The summed E-state index contributed by atoms with van der Waals surface area (Å²) in [5, 5.41) is 30.6. The molecule has 0 bridgehead atoms. The summed E-state index contributed by atoms with van der Waals surface area (Å²) in [4.78, 5) is 0. The normalized spacial score (nSPS) is 12.9. The number of aromatic nitrogens is 2. The average molecular weight is 1290 g/mol.